The molecule has 1 aromatic carbocycles. The van der Waals surface area contributed by atoms with Crippen molar-refractivity contribution in [3.05, 3.63) is 47.1 Å². The molecule has 3 rings (SSSR count). The van der Waals surface area contributed by atoms with Crippen molar-refractivity contribution in [3.63, 3.8) is 0 Å². The average molecular weight is 313 g/mol. The van der Waals surface area contributed by atoms with Crippen molar-refractivity contribution < 1.29 is 9.53 Å². The standard InChI is InChI=1S/C16H15N3O2S/c1-3-21-16(20)12-8-22-15-13(12)14(17-9-18-15)19-11-6-4-5-10(2)7-11/h4-9H,3H2,1-2H3,(H,17,18,19). The fraction of sp³-hybridized carbons (Fsp3) is 0.188. The molecule has 112 valence electrons. The van der Waals surface area contributed by atoms with Gasteiger partial charge in [-0.2, -0.15) is 0 Å². The number of thiophene rings is 1. The van der Waals surface area contributed by atoms with Gasteiger partial charge in [0.05, 0.1) is 17.6 Å². The summed E-state index contributed by atoms with van der Waals surface area (Å²) in [6, 6.07) is 7.97. The van der Waals surface area contributed by atoms with E-state index in [9.17, 15) is 4.79 Å². The highest BCUT2D eigenvalue weighted by atomic mass is 32.1. The number of rotatable bonds is 4. The summed E-state index contributed by atoms with van der Waals surface area (Å²) in [4.78, 5) is 21.3. The SMILES string of the molecule is CCOC(=O)c1csc2ncnc(Nc3cccc(C)c3)c12. The molecule has 22 heavy (non-hydrogen) atoms. The van der Waals surface area contributed by atoms with E-state index in [1.807, 2.05) is 31.2 Å². The molecule has 0 aliphatic carbocycles. The number of benzene rings is 1. The Kier molecular flexibility index (Phi) is 4.02. The maximum Gasteiger partial charge on any atom is 0.339 e. The molecule has 0 atom stereocenters. The van der Waals surface area contributed by atoms with Gasteiger partial charge < -0.3 is 10.1 Å². The van der Waals surface area contributed by atoms with Crippen molar-refractivity contribution in [2.75, 3.05) is 11.9 Å². The maximum atomic E-state index is 12.1. The molecular formula is C16H15N3O2S. The molecule has 0 unspecified atom stereocenters. The first-order valence-electron chi connectivity index (χ1n) is 6.92. The Labute approximate surface area is 132 Å². The predicted octanol–water partition coefficient (Wildman–Crippen LogP) is 3.92. The van der Waals surface area contributed by atoms with E-state index in [-0.39, 0.29) is 5.97 Å². The molecule has 2 aromatic heterocycles. The van der Waals surface area contributed by atoms with Crippen LogP contribution in [0.3, 0.4) is 0 Å². The highest BCUT2D eigenvalue weighted by Gasteiger charge is 2.18. The van der Waals surface area contributed by atoms with E-state index >= 15 is 0 Å². The lowest BCUT2D eigenvalue weighted by Crippen LogP contribution is -2.05. The number of hydrogen-bond donors (Lipinski definition) is 1. The van der Waals surface area contributed by atoms with Gasteiger partial charge in [-0.05, 0) is 31.5 Å². The smallest absolute Gasteiger partial charge is 0.339 e. The van der Waals surface area contributed by atoms with Crippen LogP contribution in [0.15, 0.2) is 36.0 Å². The van der Waals surface area contributed by atoms with Gasteiger partial charge in [-0.3, -0.25) is 0 Å². The van der Waals surface area contributed by atoms with Crippen molar-refractivity contribution in [2.24, 2.45) is 0 Å². The van der Waals surface area contributed by atoms with Gasteiger partial charge in [0.1, 0.15) is 17.0 Å². The minimum Gasteiger partial charge on any atom is -0.462 e. The summed E-state index contributed by atoms with van der Waals surface area (Å²) < 4.78 is 5.10. The first-order valence-corrected chi connectivity index (χ1v) is 7.80. The summed E-state index contributed by atoms with van der Waals surface area (Å²) in [5.74, 6) is 0.260. The van der Waals surface area contributed by atoms with Crippen LogP contribution in [-0.2, 0) is 4.74 Å². The van der Waals surface area contributed by atoms with E-state index in [1.54, 1.807) is 12.3 Å². The molecule has 0 bridgehead atoms. The zero-order chi connectivity index (χ0) is 15.5. The Bertz CT molecular complexity index is 829. The molecule has 0 aliphatic rings. The zero-order valence-corrected chi connectivity index (χ0v) is 13.1. The van der Waals surface area contributed by atoms with E-state index in [1.165, 1.54) is 17.7 Å². The summed E-state index contributed by atoms with van der Waals surface area (Å²) in [5.41, 5.74) is 2.56. The van der Waals surface area contributed by atoms with E-state index in [0.717, 1.165) is 16.1 Å². The second-order valence-electron chi connectivity index (χ2n) is 4.77. The van der Waals surface area contributed by atoms with Crippen LogP contribution in [0.1, 0.15) is 22.8 Å². The number of nitrogens with one attached hydrogen (secondary N) is 1. The zero-order valence-electron chi connectivity index (χ0n) is 12.3. The molecule has 0 amide bonds. The molecular weight excluding hydrogens is 298 g/mol. The van der Waals surface area contributed by atoms with Gasteiger partial charge in [0, 0.05) is 11.1 Å². The minimum absolute atomic E-state index is 0.338. The lowest BCUT2D eigenvalue weighted by atomic mass is 10.2. The number of fused-ring (bicyclic) bond motifs is 1. The van der Waals surface area contributed by atoms with Crippen molar-refractivity contribution in [2.45, 2.75) is 13.8 Å². The quantitative estimate of drug-likeness (QED) is 0.740. The first kappa shape index (κ1) is 14.5. The van der Waals surface area contributed by atoms with Crippen LogP contribution in [0.25, 0.3) is 10.2 Å². The number of hydrogen-bond acceptors (Lipinski definition) is 6. The number of carbonyl (C=O) groups is 1. The number of aryl methyl sites for hydroxylation is 1. The van der Waals surface area contributed by atoms with Gasteiger partial charge in [0.15, 0.2) is 0 Å². The Morgan fingerprint density at radius 1 is 1.36 bits per heavy atom. The second kappa shape index (κ2) is 6.11. The molecule has 5 nitrogen and oxygen atoms in total. The molecule has 0 spiro atoms. The number of anilines is 2. The fourth-order valence-electron chi connectivity index (χ4n) is 2.19. The lowest BCUT2D eigenvalue weighted by Gasteiger charge is -2.08. The predicted molar refractivity (Wildman–Crippen MR) is 87.8 cm³/mol. The van der Waals surface area contributed by atoms with Crippen LogP contribution in [-0.4, -0.2) is 22.5 Å². The van der Waals surface area contributed by atoms with Crippen LogP contribution in [0.4, 0.5) is 11.5 Å². The number of aromatic nitrogens is 2. The summed E-state index contributed by atoms with van der Waals surface area (Å²) in [7, 11) is 0. The summed E-state index contributed by atoms with van der Waals surface area (Å²) in [6.45, 7) is 4.15. The van der Waals surface area contributed by atoms with Gasteiger partial charge in [0.25, 0.3) is 0 Å². The molecule has 0 fully saturated rings. The van der Waals surface area contributed by atoms with Gasteiger partial charge in [-0.15, -0.1) is 11.3 Å². The Balaban J connectivity index is 2.05. The van der Waals surface area contributed by atoms with E-state index < -0.39 is 0 Å². The molecule has 1 N–H and O–H groups in total. The summed E-state index contributed by atoms with van der Waals surface area (Å²) in [6.07, 6.45) is 1.49. The average Bonchev–Trinajstić information content (AvgIpc) is 2.93. The van der Waals surface area contributed by atoms with Crippen LogP contribution >= 0.6 is 11.3 Å². The fourth-order valence-corrected chi connectivity index (χ4v) is 3.06. The highest BCUT2D eigenvalue weighted by molar-refractivity contribution is 7.17. The molecule has 3 aromatic rings. The van der Waals surface area contributed by atoms with Gasteiger partial charge in [-0.1, -0.05) is 12.1 Å². The molecule has 0 aliphatic heterocycles. The molecule has 6 heteroatoms. The number of ether oxygens (including phenoxy) is 1. The minimum atomic E-state index is -0.351. The Hall–Kier alpha value is -2.47. The first-order chi connectivity index (χ1) is 10.7. The topological polar surface area (TPSA) is 64.1 Å². The Morgan fingerprint density at radius 2 is 2.23 bits per heavy atom. The third-order valence-corrected chi connectivity index (χ3v) is 4.03. The number of carbonyl (C=O) groups excluding carboxylic acids is 1. The molecule has 0 saturated carbocycles. The van der Waals surface area contributed by atoms with E-state index in [4.69, 9.17) is 4.74 Å². The van der Waals surface area contributed by atoms with Crippen molar-refractivity contribution in [1.29, 1.82) is 0 Å². The summed E-state index contributed by atoms with van der Waals surface area (Å²) >= 11 is 1.40. The van der Waals surface area contributed by atoms with Gasteiger partial charge >= 0.3 is 5.97 Å². The number of esters is 1. The molecule has 0 saturated heterocycles. The molecule has 0 radical (unpaired) electrons. The van der Waals surface area contributed by atoms with Crippen LogP contribution < -0.4 is 5.32 Å². The van der Waals surface area contributed by atoms with Gasteiger partial charge in [0.2, 0.25) is 0 Å². The van der Waals surface area contributed by atoms with Crippen LogP contribution in [0.2, 0.25) is 0 Å². The monoisotopic (exact) mass is 313 g/mol. The van der Waals surface area contributed by atoms with E-state index in [2.05, 4.69) is 15.3 Å². The number of nitrogens with zero attached hydrogens (tertiary/aromatic N) is 2. The third-order valence-electron chi connectivity index (χ3n) is 3.15. The lowest BCUT2D eigenvalue weighted by molar-refractivity contribution is 0.0529. The third kappa shape index (κ3) is 2.78. The summed E-state index contributed by atoms with van der Waals surface area (Å²) in [5, 5.41) is 5.72. The van der Waals surface area contributed by atoms with Crippen molar-refractivity contribution in [3.8, 4) is 0 Å². The maximum absolute atomic E-state index is 12.1. The normalized spacial score (nSPS) is 10.6. The van der Waals surface area contributed by atoms with Crippen molar-refractivity contribution >= 4 is 39.0 Å². The van der Waals surface area contributed by atoms with Crippen molar-refractivity contribution in [1.82, 2.24) is 9.97 Å². The Morgan fingerprint density at radius 3 is 3.00 bits per heavy atom. The van der Waals surface area contributed by atoms with E-state index in [0.29, 0.717) is 23.4 Å². The van der Waals surface area contributed by atoms with Crippen LogP contribution in [0, 0.1) is 6.92 Å². The largest absolute Gasteiger partial charge is 0.462 e. The highest BCUT2D eigenvalue weighted by Crippen LogP contribution is 2.31. The van der Waals surface area contributed by atoms with Gasteiger partial charge in [-0.25, -0.2) is 14.8 Å². The van der Waals surface area contributed by atoms with Crippen LogP contribution in [0.5, 0.6) is 0 Å². The second-order valence-corrected chi connectivity index (χ2v) is 5.62. The molecule has 2 heterocycles.